The second kappa shape index (κ2) is 4.05. The Balaban J connectivity index is 2.31. The van der Waals surface area contributed by atoms with Crippen LogP contribution in [0.2, 0.25) is 0 Å². The van der Waals surface area contributed by atoms with Crippen LogP contribution < -0.4 is 0 Å². The first-order valence-electron chi connectivity index (χ1n) is 5.42. The predicted molar refractivity (Wildman–Crippen MR) is 61.4 cm³/mol. The standard InChI is InChI=1S/C11H17BrN2/c1-8(2)7-14-10-6-4-3-5-9(10)11(12)13-14/h8H,3-7H2,1-2H3. The van der Waals surface area contributed by atoms with Crippen molar-refractivity contribution in [3.8, 4) is 0 Å². The van der Waals surface area contributed by atoms with Crippen LogP contribution in [0.5, 0.6) is 0 Å². The van der Waals surface area contributed by atoms with Gasteiger partial charge in [0.2, 0.25) is 0 Å². The molecule has 2 nitrogen and oxygen atoms in total. The fourth-order valence-corrected chi connectivity index (χ4v) is 2.74. The molecule has 14 heavy (non-hydrogen) atoms. The molecule has 0 radical (unpaired) electrons. The van der Waals surface area contributed by atoms with Gasteiger partial charge in [-0.3, -0.25) is 4.68 Å². The molecule has 0 amide bonds. The molecule has 1 aliphatic rings. The van der Waals surface area contributed by atoms with Crippen molar-refractivity contribution in [2.24, 2.45) is 5.92 Å². The Morgan fingerprint density at radius 2 is 2.07 bits per heavy atom. The van der Waals surface area contributed by atoms with E-state index in [1.807, 2.05) is 0 Å². The van der Waals surface area contributed by atoms with Gasteiger partial charge < -0.3 is 0 Å². The molecule has 3 heteroatoms. The normalized spacial score (nSPS) is 16.0. The van der Waals surface area contributed by atoms with E-state index < -0.39 is 0 Å². The highest BCUT2D eigenvalue weighted by atomic mass is 79.9. The van der Waals surface area contributed by atoms with Crippen LogP contribution in [-0.2, 0) is 19.4 Å². The van der Waals surface area contributed by atoms with E-state index in [9.17, 15) is 0 Å². The second-order valence-corrected chi connectivity index (χ2v) is 5.25. The first kappa shape index (κ1) is 10.2. The Kier molecular flexibility index (Phi) is 2.96. The minimum atomic E-state index is 0.674. The molecule has 0 unspecified atom stereocenters. The lowest BCUT2D eigenvalue weighted by molar-refractivity contribution is 0.460. The Bertz CT molecular complexity index is 328. The maximum atomic E-state index is 4.57. The van der Waals surface area contributed by atoms with E-state index in [0.717, 1.165) is 11.1 Å². The third-order valence-electron chi connectivity index (χ3n) is 2.75. The number of rotatable bonds is 2. The zero-order valence-electron chi connectivity index (χ0n) is 8.89. The Labute approximate surface area is 93.8 Å². The SMILES string of the molecule is CC(C)Cn1nc(Br)c2c1CCCC2. The van der Waals surface area contributed by atoms with E-state index in [1.165, 1.54) is 36.9 Å². The maximum Gasteiger partial charge on any atom is 0.131 e. The first-order valence-corrected chi connectivity index (χ1v) is 6.22. The molecule has 0 saturated carbocycles. The highest BCUT2D eigenvalue weighted by Crippen LogP contribution is 2.28. The van der Waals surface area contributed by atoms with Crippen LogP contribution >= 0.6 is 15.9 Å². The molecule has 1 aromatic heterocycles. The van der Waals surface area contributed by atoms with Crippen molar-refractivity contribution in [3.05, 3.63) is 15.9 Å². The smallest absolute Gasteiger partial charge is 0.131 e. The van der Waals surface area contributed by atoms with Gasteiger partial charge in [-0.05, 0) is 47.5 Å². The highest BCUT2D eigenvalue weighted by Gasteiger charge is 2.19. The third-order valence-corrected chi connectivity index (χ3v) is 3.38. The van der Waals surface area contributed by atoms with E-state index in [-0.39, 0.29) is 0 Å². The fraction of sp³-hybridized carbons (Fsp3) is 0.727. The molecule has 0 aliphatic heterocycles. The van der Waals surface area contributed by atoms with E-state index in [4.69, 9.17) is 0 Å². The van der Waals surface area contributed by atoms with Gasteiger partial charge in [-0.25, -0.2) is 0 Å². The summed E-state index contributed by atoms with van der Waals surface area (Å²) in [7, 11) is 0. The summed E-state index contributed by atoms with van der Waals surface area (Å²) < 4.78 is 3.27. The van der Waals surface area contributed by atoms with Gasteiger partial charge in [0.15, 0.2) is 0 Å². The van der Waals surface area contributed by atoms with Gasteiger partial charge in [0.25, 0.3) is 0 Å². The van der Waals surface area contributed by atoms with Crippen LogP contribution in [-0.4, -0.2) is 9.78 Å². The second-order valence-electron chi connectivity index (χ2n) is 4.50. The molecule has 0 bridgehead atoms. The molecule has 1 heterocycles. The fourth-order valence-electron chi connectivity index (χ4n) is 2.12. The van der Waals surface area contributed by atoms with Crippen LogP contribution in [0.15, 0.2) is 4.60 Å². The number of fused-ring (bicyclic) bond motifs is 1. The van der Waals surface area contributed by atoms with Gasteiger partial charge in [0.05, 0.1) is 0 Å². The summed E-state index contributed by atoms with van der Waals surface area (Å²) >= 11 is 3.56. The lowest BCUT2D eigenvalue weighted by Gasteiger charge is -2.14. The molecule has 0 spiro atoms. The van der Waals surface area contributed by atoms with Crippen LogP contribution in [0.4, 0.5) is 0 Å². The molecule has 1 aromatic rings. The van der Waals surface area contributed by atoms with E-state index in [1.54, 1.807) is 0 Å². The van der Waals surface area contributed by atoms with Gasteiger partial charge >= 0.3 is 0 Å². The van der Waals surface area contributed by atoms with Crippen LogP contribution in [0, 0.1) is 5.92 Å². The summed E-state index contributed by atoms with van der Waals surface area (Å²) in [6.45, 7) is 5.53. The molecule has 0 N–H and O–H groups in total. The molecule has 2 rings (SSSR count). The Hall–Kier alpha value is -0.310. The van der Waals surface area contributed by atoms with Crippen LogP contribution in [0.25, 0.3) is 0 Å². The first-order chi connectivity index (χ1) is 6.68. The lowest BCUT2D eigenvalue weighted by atomic mass is 9.98. The molecule has 0 fully saturated rings. The average Bonchev–Trinajstić information content (AvgIpc) is 2.44. The molecular weight excluding hydrogens is 240 g/mol. The van der Waals surface area contributed by atoms with E-state index >= 15 is 0 Å². The molecule has 78 valence electrons. The molecule has 1 aliphatic carbocycles. The van der Waals surface area contributed by atoms with Crippen molar-refractivity contribution < 1.29 is 0 Å². The van der Waals surface area contributed by atoms with Gasteiger partial charge in [-0.1, -0.05) is 13.8 Å². The minimum Gasteiger partial charge on any atom is -0.268 e. The summed E-state index contributed by atoms with van der Waals surface area (Å²) in [6, 6.07) is 0. The van der Waals surface area contributed by atoms with Gasteiger partial charge in [0, 0.05) is 17.8 Å². The Morgan fingerprint density at radius 1 is 1.36 bits per heavy atom. The summed E-state index contributed by atoms with van der Waals surface area (Å²) in [4.78, 5) is 0. The van der Waals surface area contributed by atoms with Crippen molar-refractivity contribution in [2.75, 3.05) is 0 Å². The molecule has 0 atom stereocenters. The van der Waals surface area contributed by atoms with E-state index in [2.05, 4.69) is 39.6 Å². The highest BCUT2D eigenvalue weighted by molar-refractivity contribution is 9.10. The van der Waals surface area contributed by atoms with Crippen LogP contribution in [0.1, 0.15) is 37.9 Å². The van der Waals surface area contributed by atoms with Crippen molar-refractivity contribution >= 4 is 15.9 Å². The number of aromatic nitrogens is 2. The largest absolute Gasteiger partial charge is 0.268 e. The number of hydrogen-bond acceptors (Lipinski definition) is 1. The molecule has 0 saturated heterocycles. The van der Waals surface area contributed by atoms with Crippen molar-refractivity contribution in [2.45, 2.75) is 46.1 Å². The third kappa shape index (κ3) is 1.88. The summed E-state index contributed by atoms with van der Waals surface area (Å²) in [5.74, 6) is 0.674. The molecule has 0 aromatic carbocycles. The average molecular weight is 257 g/mol. The van der Waals surface area contributed by atoms with Gasteiger partial charge in [-0.2, -0.15) is 5.10 Å². The predicted octanol–water partition coefficient (Wildman–Crippen LogP) is 3.18. The zero-order chi connectivity index (χ0) is 10.1. The Morgan fingerprint density at radius 3 is 2.79 bits per heavy atom. The van der Waals surface area contributed by atoms with Gasteiger partial charge in [0.1, 0.15) is 4.60 Å². The topological polar surface area (TPSA) is 17.8 Å². The van der Waals surface area contributed by atoms with Crippen molar-refractivity contribution in [1.82, 2.24) is 9.78 Å². The summed E-state index contributed by atoms with van der Waals surface area (Å²) in [6.07, 6.45) is 5.05. The van der Waals surface area contributed by atoms with Gasteiger partial charge in [-0.15, -0.1) is 0 Å². The van der Waals surface area contributed by atoms with E-state index in [0.29, 0.717) is 5.92 Å². The van der Waals surface area contributed by atoms with Crippen molar-refractivity contribution in [3.63, 3.8) is 0 Å². The van der Waals surface area contributed by atoms with Crippen molar-refractivity contribution in [1.29, 1.82) is 0 Å². The number of halogens is 1. The summed E-state index contributed by atoms with van der Waals surface area (Å²) in [5.41, 5.74) is 2.92. The lowest BCUT2D eigenvalue weighted by Crippen LogP contribution is -2.12. The quantitative estimate of drug-likeness (QED) is 0.795. The minimum absolute atomic E-state index is 0.674. The van der Waals surface area contributed by atoms with Crippen LogP contribution in [0.3, 0.4) is 0 Å². The monoisotopic (exact) mass is 256 g/mol. The molecular formula is C11H17BrN2. The zero-order valence-corrected chi connectivity index (χ0v) is 10.5. The summed E-state index contributed by atoms with van der Waals surface area (Å²) in [5, 5.41) is 4.57. The maximum absolute atomic E-state index is 4.57. The number of nitrogens with zero attached hydrogens (tertiary/aromatic N) is 2. The number of hydrogen-bond donors (Lipinski definition) is 0.